The molecule has 0 bridgehead atoms. The molecular weight excluding hydrogens is 252 g/mol. The predicted molar refractivity (Wildman–Crippen MR) is 81.7 cm³/mol. The van der Waals surface area contributed by atoms with E-state index in [1.54, 1.807) is 6.20 Å². The van der Waals surface area contributed by atoms with E-state index in [1.165, 1.54) is 5.56 Å². The molecule has 1 aromatic heterocycles. The van der Waals surface area contributed by atoms with E-state index < -0.39 is 0 Å². The van der Waals surface area contributed by atoms with Crippen molar-refractivity contribution in [3.8, 4) is 0 Å². The molecule has 4 N–H and O–H groups in total. The highest BCUT2D eigenvalue weighted by molar-refractivity contribution is 5.85. The van der Waals surface area contributed by atoms with Gasteiger partial charge in [0.15, 0.2) is 0 Å². The van der Waals surface area contributed by atoms with Gasteiger partial charge in [-0.25, -0.2) is 0 Å². The smallest absolute Gasteiger partial charge is 0.144 e. The van der Waals surface area contributed by atoms with Crippen LogP contribution < -0.4 is 11.1 Å². The van der Waals surface area contributed by atoms with Crippen molar-refractivity contribution in [2.75, 3.05) is 6.54 Å². The molecule has 0 aliphatic carbocycles. The number of pyridine rings is 1. The molecule has 0 radical (unpaired) electrons. The van der Waals surface area contributed by atoms with Gasteiger partial charge < -0.3 is 16.3 Å². The van der Waals surface area contributed by atoms with Gasteiger partial charge in [-0.3, -0.25) is 4.98 Å². The molecule has 0 saturated heterocycles. The highest BCUT2D eigenvalue weighted by Gasteiger charge is 2.22. The van der Waals surface area contributed by atoms with Crippen LogP contribution in [0.5, 0.6) is 0 Å². The van der Waals surface area contributed by atoms with Crippen LogP contribution in [0.25, 0.3) is 0 Å². The van der Waals surface area contributed by atoms with Gasteiger partial charge in [0.2, 0.25) is 0 Å². The number of rotatable bonds is 8. The molecule has 112 valence electrons. The van der Waals surface area contributed by atoms with Gasteiger partial charge in [0.05, 0.1) is 0 Å². The zero-order valence-corrected chi connectivity index (χ0v) is 12.6. The second-order valence-electron chi connectivity index (χ2n) is 5.79. The first kappa shape index (κ1) is 16.4. The van der Waals surface area contributed by atoms with Gasteiger partial charge in [0, 0.05) is 23.9 Å². The van der Waals surface area contributed by atoms with E-state index in [9.17, 15) is 0 Å². The maximum absolute atomic E-state index is 8.72. The Hall–Kier alpha value is -1.62. The highest BCUT2D eigenvalue weighted by Crippen LogP contribution is 2.23. The standard InChI is InChI=1S/C15H26N4O/c1-12(13-7-6-9-17-11-13)18-10-5-4-8-15(2,3)14(16)19-20/h6-7,9,11-12,18,20H,4-5,8,10H2,1-3H3,(H2,16,19). The molecule has 1 rings (SSSR count). The van der Waals surface area contributed by atoms with Crippen molar-refractivity contribution >= 4 is 5.84 Å². The lowest BCUT2D eigenvalue weighted by Gasteiger charge is -2.22. The first-order chi connectivity index (χ1) is 9.47. The SMILES string of the molecule is CC(NCCCCC(C)(C)/C(N)=N/O)c1cccnc1. The van der Waals surface area contributed by atoms with E-state index in [0.29, 0.717) is 11.9 Å². The number of oxime groups is 1. The van der Waals surface area contributed by atoms with Crippen molar-refractivity contribution in [3.63, 3.8) is 0 Å². The van der Waals surface area contributed by atoms with Crippen LogP contribution in [0.4, 0.5) is 0 Å². The number of hydrogen-bond donors (Lipinski definition) is 3. The molecule has 1 atom stereocenters. The van der Waals surface area contributed by atoms with Gasteiger partial charge in [-0.1, -0.05) is 31.5 Å². The summed E-state index contributed by atoms with van der Waals surface area (Å²) in [4.78, 5) is 4.12. The van der Waals surface area contributed by atoms with Crippen molar-refractivity contribution in [1.82, 2.24) is 10.3 Å². The number of nitrogens with zero attached hydrogens (tertiary/aromatic N) is 2. The highest BCUT2D eigenvalue weighted by atomic mass is 16.4. The zero-order chi connectivity index (χ0) is 15.0. The third-order valence-electron chi connectivity index (χ3n) is 3.66. The lowest BCUT2D eigenvalue weighted by Crippen LogP contribution is -2.32. The molecule has 1 heterocycles. The van der Waals surface area contributed by atoms with Crippen LogP contribution in [-0.4, -0.2) is 22.6 Å². The molecule has 5 nitrogen and oxygen atoms in total. The molecule has 0 amide bonds. The Balaban J connectivity index is 2.23. The molecule has 0 saturated carbocycles. The number of aromatic nitrogens is 1. The third kappa shape index (κ3) is 5.17. The van der Waals surface area contributed by atoms with Crippen LogP contribution in [0, 0.1) is 5.41 Å². The summed E-state index contributed by atoms with van der Waals surface area (Å²) in [5, 5.41) is 15.3. The molecule has 0 spiro atoms. The van der Waals surface area contributed by atoms with E-state index in [2.05, 4.69) is 28.4 Å². The van der Waals surface area contributed by atoms with E-state index in [4.69, 9.17) is 10.9 Å². The Morgan fingerprint density at radius 2 is 2.25 bits per heavy atom. The Morgan fingerprint density at radius 1 is 1.50 bits per heavy atom. The second-order valence-corrected chi connectivity index (χ2v) is 5.79. The van der Waals surface area contributed by atoms with Gasteiger partial charge in [-0.05, 0) is 37.9 Å². The Labute approximate surface area is 121 Å². The average molecular weight is 278 g/mol. The van der Waals surface area contributed by atoms with Crippen molar-refractivity contribution in [1.29, 1.82) is 0 Å². The molecule has 0 fully saturated rings. The van der Waals surface area contributed by atoms with Crippen molar-refractivity contribution in [2.45, 2.75) is 46.1 Å². The summed E-state index contributed by atoms with van der Waals surface area (Å²) in [6.45, 7) is 7.07. The number of amidine groups is 1. The lowest BCUT2D eigenvalue weighted by molar-refractivity contribution is 0.304. The van der Waals surface area contributed by atoms with Crippen molar-refractivity contribution < 1.29 is 5.21 Å². The van der Waals surface area contributed by atoms with E-state index in [1.807, 2.05) is 26.1 Å². The first-order valence-corrected chi connectivity index (χ1v) is 7.08. The number of hydrogen-bond acceptors (Lipinski definition) is 4. The van der Waals surface area contributed by atoms with Crippen molar-refractivity contribution in [3.05, 3.63) is 30.1 Å². The maximum atomic E-state index is 8.72. The Morgan fingerprint density at radius 3 is 2.85 bits per heavy atom. The summed E-state index contributed by atoms with van der Waals surface area (Å²) < 4.78 is 0. The monoisotopic (exact) mass is 278 g/mol. The summed E-state index contributed by atoms with van der Waals surface area (Å²) in [5.74, 6) is 0.300. The van der Waals surface area contributed by atoms with Crippen LogP contribution in [0.1, 0.15) is 51.6 Å². The molecule has 0 aliphatic rings. The minimum atomic E-state index is -0.246. The Bertz CT molecular complexity index is 417. The van der Waals surface area contributed by atoms with Crippen LogP contribution in [0.15, 0.2) is 29.7 Å². The normalized spacial score (nSPS) is 14.2. The van der Waals surface area contributed by atoms with Gasteiger partial charge in [-0.15, -0.1) is 0 Å². The first-order valence-electron chi connectivity index (χ1n) is 7.08. The zero-order valence-electron chi connectivity index (χ0n) is 12.6. The molecule has 0 aromatic carbocycles. The topological polar surface area (TPSA) is 83.5 Å². The van der Waals surface area contributed by atoms with Gasteiger partial charge in [0.25, 0.3) is 0 Å². The van der Waals surface area contributed by atoms with E-state index in [0.717, 1.165) is 25.8 Å². The number of nitrogens with two attached hydrogens (primary N) is 1. The maximum Gasteiger partial charge on any atom is 0.144 e. The molecular formula is C15H26N4O. The third-order valence-corrected chi connectivity index (χ3v) is 3.66. The Kier molecular flexibility index (Phi) is 6.45. The fraction of sp³-hybridized carbons (Fsp3) is 0.600. The number of nitrogens with one attached hydrogen (secondary N) is 1. The minimum Gasteiger partial charge on any atom is -0.409 e. The molecule has 1 aromatic rings. The van der Waals surface area contributed by atoms with Crippen LogP contribution in [0.2, 0.25) is 0 Å². The average Bonchev–Trinajstić information content (AvgIpc) is 2.46. The summed E-state index contributed by atoms with van der Waals surface area (Å²) in [6, 6.07) is 4.33. The summed E-state index contributed by atoms with van der Waals surface area (Å²) in [6.07, 6.45) is 6.68. The summed E-state index contributed by atoms with van der Waals surface area (Å²) in [5.41, 5.74) is 6.62. The largest absolute Gasteiger partial charge is 0.409 e. The fourth-order valence-electron chi connectivity index (χ4n) is 2.02. The molecule has 0 aliphatic heterocycles. The summed E-state index contributed by atoms with van der Waals surface area (Å²) in [7, 11) is 0. The summed E-state index contributed by atoms with van der Waals surface area (Å²) >= 11 is 0. The van der Waals surface area contributed by atoms with Gasteiger partial charge >= 0.3 is 0 Å². The number of unbranched alkanes of at least 4 members (excludes halogenated alkanes) is 1. The fourth-order valence-corrected chi connectivity index (χ4v) is 2.02. The van der Waals surface area contributed by atoms with Gasteiger partial charge in [0.1, 0.15) is 5.84 Å². The van der Waals surface area contributed by atoms with Crippen LogP contribution in [0.3, 0.4) is 0 Å². The van der Waals surface area contributed by atoms with Gasteiger partial charge in [-0.2, -0.15) is 0 Å². The van der Waals surface area contributed by atoms with E-state index in [-0.39, 0.29) is 5.41 Å². The lowest BCUT2D eigenvalue weighted by atomic mass is 9.86. The minimum absolute atomic E-state index is 0.246. The van der Waals surface area contributed by atoms with E-state index >= 15 is 0 Å². The quantitative estimate of drug-likeness (QED) is 0.224. The molecule has 1 unspecified atom stereocenters. The molecule has 5 heteroatoms. The van der Waals surface area contributed by atoms with Crippen LogP contribution in [-0.2, 0) is 0 Å². The second kappa shape index (κ2) is 7.85. The molecule has 20 heavy (non-hydrogen) atoms. The van der Waals surface area contributed by atoms with Crippen molar-refractivity contribution in [2.24, 2.45) is 16.3 Å². The predicted octanol–water partition coefficient (Wildman–Crippen LogP) is 2.68. The van der Waals surface area contributed by atoms with Crippen LogP contribution >= 0.6 is 0 Å².